The van der Waals surface area contributed by atoms with E-state index < -0.39 is 11.0 Å². The molecule has 3 N–H and O–H groups in total. The van der Waals surface area contributed by atoms with E-state index in [1.54, 1.807) is 14.0 Å². The van der Waals surface area contributed by atoms with Crippen LogP contribution in [0.3, 0.4) is 0 Å². The summed E-state index contributed by atoms with van der Waals surface area (Å²) in [5.74, 6) is 0.544. The van der Waals surface area contributed by atoms with Crippen LogP contribution in [-0.2, 0) is 4.79 Å². The number of nitro benzene ring substituents is 1. The molecule has 0 saturated carbocycles. The minimum atomic E-state index is -0.504. The topological polar surface area (TPSA) is 117 Å². The number of carbonyl (C=O) groups excluding carboxylic acids is 1. The number of carbonyl (C=O) groups is 1. The van der Waals surface area contributed by atoms with Crippen LogP contribution in [0.15, 0.2) is 12.1 Å². The van der Waals surface area contributed by atoms with Gasteiger partial charge >= 0.3 is 0 Å². The number of hydrogen-bond donors (Lipinski definition) is 2. The molecule has 0 radical (unpaired) electrons. The number of benzene rings is 1. The molecule has 1 aromatic carbocycles. The fourth-order valence-corrected chi connectivity index (χ4v) is 1.90. The largest absolute Gasteiger partial charge is 0.493 e. The van der Waals surface area contributed by atoms with Gasteiger partial charge in [0, 0.05) is 19.5 Å². The van der Waals surface area contributed by atoms with E-state index in [0.717, 1.165) is 0 Å². The number of nitrogens with one attached hydrogen (secondary N) is 1. The first-order chi connectivity index (χ1) is 10.4. The van der Waals surface area contributed by atoms with Crippen molar-refractivity contribution in [3.8, 4) is 11.5 Å². The zero-order chi connectivity index (χ0) is 16.7. The highest BCUT2D eigenvalue weighted by Gasteiger charge is 2.22. The monoisotopic (exact) mass is 311 g/mol. The van der Waals surface area contributed by atoms with Crippen LogP contribution in [0.25, 0.3) is 0 Å². The number of nitro groups is 1. The van der Waals surface area contributed by atoms with Crippen LogP contribution in [0.1, 0.15) is 31.4 Å². The highest BCUT2D eigenvalue weighted by molar-refractivity contribution is 5.75. The minimum absolute atomic E-state index is 0.0890. The predicted molar refractivity (Wildman–Crippen MR) is 81.0 cm³/mol. The summed E-state index contributed by atoms with van der Waals surface area (Å²) in [5, 5.41) is 13.6. The van der Waals surface area contributed by atoms with E-state index >= 15 is 0 Å². The van der Waals surface area contributed by atoms with Gasteiger partial charge in [0.15, 0.2) is 11.5 Å². The van der Waals surface area contributed by atoms with Crippen LogP contribution in [0, 0.1) is 10.1 Å². The second-order valence-corrected chi connectivity index (χ2v) is 4.73. The molecule has 0 aromatic heterocycles. The predicted octanol–water partition coefficient (Wildman–Crippen LogP) is 1.53. The minimum Gasteiger partial charge on any atom is -0.493 e. The molecule has 22 heavy (non-hydrogen) atoms. The average Bonchev–Trinajstić information content (AvgIpc) is 2.50. The number of hydrogen-bond acceptors (Lipinski definition) is 6. The summed E-state index contributed by atoms with van der Waals surface area (Å²) >= 11 is 0. The third-order valence-corrected chi connectivity index (χ3v) is 3.08. The van der Waals surface area contributed by atoms with E-state index in [4.69, 9.17) is 15.2 Å². The summed E-state index contributed by atoms with van der Waals surface area (Å²) in [4.78, 5) is 21.7. The Labute approximate surface area is 128 Å². The Balaban J connectivity index is 2.91. The van der Waals surface area contributed by atoms with Gasteiger partial charge in [-0.05, 0) is 19.4 Å². The molecule has 0 aliphatic rings. The van der Waals surface area contributed by atoms with Gasteiger partial charge in [-0.3, -0.25) is 14.9 Å². The Morgan fingerprint density at radius 1 is 1.45 bits per heavy atom. The van der Waals surface area contributed by atoms with E-state index in [9.17, 15) is 14.9 Å². The number of ether oxygens (including phenoxy) is 2. The zero-order valence-electron chi connectivity index (χ0n) is 12.9. The molecule has 8 nitrogen and oxygen atoms in total. The molecule has 0 aliphatic heterocycles. The Morgan fingerprint density at radius 2 is 2.14 bits per heavy atom. The summed E-state index contributed by atoms with van der Waals surface area (Å²) in [6, 6.07) is 2.31. The van der Waals surface area contributed by atoms with E-state index in [-0.39, 0.29) is 24.0 Å². The molecule has 0 aliphatic carbocycles. The smallest absolute Gasteiger partial charge is 0.278 e. The Morgan fingerprint density at radius 3 is 2.64 bits per heavy atom. The molecule has 0 fully saturated rings. The first-order valence-corrected chi connectivity index (χ1v) is 6.86. The van der Waals surface area contributed by atoms with Crippen molar-refractivity contribution in [1.29, 1.82) is 0 Å². The molecule has 1 unspecified atom stereocenters. The summed E-state index contributed by atoms with van der Waals surface area (Å²) in [7, 11) is 3.01. The third-order valence-electron chi connectivity index (χ3n) is 3.08. The van der Waals surface area contributed by atoms with Crippen LogP contribution >= 0.6 is 0 Å². The van der Waals surface area contributed by atoms with Gasteiger partial charge in [-0.1, -0.05) is 0 Å². The lowest BCUT2D eigenvalue weighted by atomic mass is 10.1. The molecule has 122 valence electrons. The Kier molecular flexibility index (Phi) is 6.58. The van der Waals surface area contributed by atoms with Gasteiger partial charge < -0.3 is 20.5 Å². The lowest BCUT2D eigenvalue weighted by molar-refractivity contribution is -0.385. The zero-order valence-corrected chi connectivity index (χ0v) is 12.9. The molecular weight excluding hydrogens is 290 g/mol. The maximum atomic E-state index is 11.1. The highest BCUT2D eigenvalue weighted by atomic mass is 16.6. The molecule has 1 rings (SSSR count). The summed E-state index contributed by atoms with van der Waals surface area (Å²) in [5.41, 5.74) is 6.01. The maximum absolute atomic E-state index is 11.1. The van der Waals surface area contributed by atoms with E-state index in [2.05, 4.69) is 5.32 Å². The highest BCUT2D eigenvalue weighted by Crippen LogP contribution is 2.36. The SMILES string of the molecule is CNC(=O)CCCOc1cc([N+](=O)[O-])c(C(C)N)cc1OC. The number of rotatable bonds is 8. The lowest BCUT2D eigenvalue weighted by Crippen LogP contribution is -2.18. The van der Waals surface area contributed by atoms with Crippen molar-refractivity contribution in [2.45, 2.75) is 25.8 Å². The maximum Gasteiger partial charge on any atom is 0.278 e. The molecule has 1 amide bonds. The number of nitrogens with two attached hydrogens (primary N) is 1. The molecular formula is C14H21N3O5. The van der Waals surface area contributed by atoms with Crippen molar-refractivity contribution in [2.24, 2.45) is 5.73 Å². The van der Waals surface area contributed by atoms with Crippen molar-refractivity contribution in [1.82, 2.24) is 5.32 Å². The third kappa shape index (κ3) is 4.59. The van der Waals surface area contributed by atoms with Crippen LogP contribution in [0.4, 0.5) is 5.69 Å². The van der Waals surface area contributed by atoms with Crippen LogP contribution in [0.2, 0.25) is 0 Å². The first kappa shape index (κ1) is 17.7. The summed E-state index contributed by atoms with van der Waals surface area (Å²) in [6.45, 7) is 1.91. The lowest BCUT2D eigenvalue weighted by Gasteiger charge is -2.14. The Hall–Kier alpha value is -2.35. The van der Waals surface area contributed by atoms with Crippen molar-refractivity contribution in [2.75, 3.05) is 20.8 Å². The average molecular weight is 311 g/mol. The van der Waals surface area contributed by atoms with Crippen LogP contribution < -0.4 is 20.5 Å². The molecule has 1 atom stereocenters. The summed E-state index contributed by atoms with van der Waals surface area (Å²) < 4.78 is 10.7. The number of nitrogens with zero attached hydrogens (tertiary/aromatic N) is 1. The van der Waals surface area contributed by atoms with E-state index in [0.29, 0.717) is 24.2 Å². The molecule has 8 heteroatoms. The standard InChI is InChI=1S/C14H21N3O5/c1-9(15)10-7-12(21-3)13(8-11(10)17(19)20)22-6-4-5-14(18)16-2/h7-9H,4-6,15H2,1-3H3,(H,16,18). The van der Waals surface area contributed by atoms with Crippen molar-refractivity contribution in [3.05, 3.63) is 27.8 Å². The normalized spacial score (nSPS) is 11.6. The van der Waals surface area contributed by atoms with Crippen LogP contribution in [0.5, 0.6) is 11.5 Å². The van der Waals surface area contributed by atoms with Gasteiger partial charge in [0.25, 0.3) is 5.69 Å². The van der Waals surface area contributed by atoms with Gasteiger partial charge in [0.2, 0.25) is 5.91 Å². The second kappa shape index (κ2) is 8.18. The molecule has 0 bridgehead atoms. The van der Waals surface area contributed by atoms with Crippen molar-refractivity contribution < 1.29 is 19.2 Å². The molecule has 0 heterocycles. The van der Waals surface area contributed by atoms with E-state index in [1.165, 1.54) is 19.2 Å². The fourth-order valence-electron chi connectivity index (χ4n) is 1.90. The second-order valence-electron chi connectivity index (χ2n) is 4.73. The van der Waals surface area contributed by atoms with Crippen LogP contribution in [-0.4, -0.2) is 31.6 Å². The number of amides is 1. The summed E-state index contributed by atoms with van der Waals surface area (Å²) in [6.07, 6.45) is 0.810. The fraction of sp³-hybridized carbons (Fsp3) is 0.500. The van der Waals surface area contributed by atoms with Crippen molar-refractivity contribution >= 4 is 11.6 Å². The molecule has 0 spiro atoms. The molecule has 0 saturated heterocycles. The van der Waals surface area contributed by atoms with Gasteiger partial charge in [-0.15, -0.1) is 0 Å². The quantitative estimate of drug-likeness (QED) is 0.427. The molecule has 1 aromatic rings. The van der Waals surface area contributed by atoms with Gasteiger partial charge in [0.05, 0.1) is 30.3 Å². The van der Waals surface area contributed by atoms with Gasteiger partial charge in [0.1, 0.15) is 0 Å². The Bertz CT molecular complexity index is 546. The van der Waals surface area contributed by atoms with Gasteiger partial charge in [-0.25, -0.2) is 0 Å². The first-order valence-electron chi connectivity index (χ1n) is 6.86. The van der Waals surface area contributed by atoms with Gasteiger partial charge in [-0.2, -0.15) is 0 Å². The van der Waals surface area contributed by atoms with E-state index in [1.807, 2.05) is 0 Å². The number of methoxy groups -OCH3 is 1. The van der Waals surface area contributed by atoms with Crippen molar-refractivity contribution in [3.63, 3.8) is 0 Å².